The van der Waals surface area contributed by atoms with Gasteiger partial charge in [-0.25, -0.2) is 0 Å². The summed E-state index contributed by atoms with van der Waals surface area (Å²) in [5.41, 5.74) is 8.77. The first-order chi connectivity index (χ1) is 38.4. The standard InChI is InChI=1S/C20H38O5P2.C15H30O5P2.2C10H22O5P2/c1-18(2)11-8-12-19(3)13-9-14-20(4)15-10-16-26(21,23-5)17-27(22,24-6)25-7;1-14(2)9-7-10-15(3)11-8-12-21(16,18-4)13-22(17,19-5)20-6;2*1-10(2)7-6-8-16(11,13-3)9-17(12,14-4)15-5/h11,13,15H,8-10,12,14,16-17H2,1-7H3;9,11H,7-8,10,12-13H2,1-6H3;7H,6,8-9H2,1-5H3;1,6-9H2,2-5H3/b19-13+,20-15+;15-11+;;. The van der Waals surface area contributed by atoms with E-state index in [2.05, 4.69) is 85.4 Å². The topological polar surface area (TPSA) is 247 Å². The number of hydrogen-bond donors (Lipinski definition) is 0. The lowest BCUT2D eigenvalue weighted by Gasteiger charge is -2.20. The highest BCUT2D eigenvalue weighted by molar-refractivity contribution is 7.75. The Morgan fingerprint density at radius 1 is 0.289 bits per heavy atom. The normalized spacial score (nSPS) is 15.5. The minimum Gasteiger partial charge on any atom is -0.331 e. The Morgan fingerprint density at radius 3 is 0.711 bits per heavy atom. The van der Waals surface area contributed by atoms with E-state index >= 15 is 0 Å². The summed E-state index contributed by atoms with van der Waals surface area (Å²) in [6, 6.07) is 0. The van der Waals surface area contributed by atoms with Gasteiger partial charge >= 0.3 is 30.4 Å². The fourth-order valence-corrected chi connectivity index (χ4v) is 26.7. The summed E-state index contributed by atoms with van der Waals surface area (Å²) in [5, 5.41) is 0. The molecule has 0 aromatic rings. The van der Waals surface area contributed by atoms with E-state index in [1.165, 1.54) is 113 Å². The molecule has 28 heteroatoms. The highest BCUT2D eigenvalue weighted by atomic mass is 31.2. The first-order valence-corrected chi connectivity index (χ1v) is 42.2. The van der Waals surface area contributed by atoms with E-state index < -0.39 is 59.9 Å². The minimum absolute atomic E-state index is 0.180. The molecule has 0 amide bonds. The summed E-state index contributed by atoms with van der Waals surface area (Å²) < 4.78 is 157. The van der Waals surface area contributed by atoms with E-state index in [0.717, 1.165) is 56.1 Å². The Balaban J connectivity index is -0.000000511. The van der Waals surface area contributed by atoms with Gasteiger partial charge in [-0.3, -0.25) is 36.5 Å². The smallest absolute Gasteiger partial charge is 0.331 e. The maximum Gasteiger partial charge on any atom is 0.339 e. The molecule has 4 unspecified atom stereocenters. The molecule has 0 aliphatic heterocycles. The largest absolute Gasteiger partial charge is 0.339 e. The molecule has 0 aliphatic rings. The average molecular weight is 1340 g/mol. The number of hydrogen-bond acceptors (Lipinski definition) is 20. The van der Waals surface area contributed by atoms with Crippen molar-refractivity contribution in [3.05, 3.63) is 82.0 Å². The summed E-state index contributed by atoms with van der Waals surface area (Å²) in [5.74, 6) is -0.738. The van der Waals surface area contributed by atoms with E-state index in [1.807, 2.05) is 26.8 Å². The van der Waals surface area contributed by atoms with Gasteiger partial charge in [0.2, 0.25) is 29.5 Å². The summed E-state index contributed by atoms with van der Waals surface area (Å²) in [6.45, 7) is 24.3. The zero-order valence-electron chi connectivity index (χ0n) is 54.8. The molecule has 492 valence electrons. The predicted molar refractivity (Wildman–Crippen MR) is 349 cm³/mol. The van der Waals surface area contributed by atoms with Crippen LogP contribution in [0.5, 0.6) is 0 Å². The summed E-state index contributed by atoms with van der Waals surface area (Å²) in [6.07, 6.45) is 23.7. The van der Waals surface area contributed by atoms with Gasteiger partial charge < -0.3 is 54.3 Å². The Labute approximate surface area is 503 Å². The van der Waals surface area contributed by atoms with E-state index in [1.54, 1.807) is 0 Å². The third-order valence-corrected chi connectivity index (χ3v) is 35.7. The molecular weight excluding hydrogens is 1230 g/mol. The zero-order valence-corrected chi connectivity index (χ0v) is 62.0. The predicted octanol–water partition coefficient (Wildman–Crippen LogP) is 20.0. The summed E-state index contributed by atoms with van der Waals surface area (Å²) in [4.78, 5) is 0. The molecule has 0 aromatic heterocycles. The lowest BCUT2D eigenvalue weighted by Crippen LogP contribution is -2.02. The zero-order chi connectivity index (χ0) is 65.2. The molecule has 0 rings (SSSR count). The molecule has 0 N–H and O–H groups in total. The Hall–Kier alpha value is -0.460. The van der Waals surface area contributed by atoms with Crippen LogP contribution in [0.15, 0.2) is 82.0 Å². The lowest BCUT2D eigenvalue weighted by atomic mass is 10.1. The second kappa shape index (κ2) is 47.5. The van der Waals surface area contributed by atoms with Crippen LogP contribution < -0.4 is 0 Å². The Morgan fingerprint density at radius 2 is 0.494 bits per heavy atom. The van der Waals surface area contributed by atoms with E-state index in [0.29, 0.717) is 50.3 Å². The Kier molecular flexibility index (Phi) is 50.9. The molecule has 0 heterocycles. The van der Waals surface area contributed by atoms with Gasteiger partial charge in [-0.2, -0.15) is 0 Å². The highest BCUT2D eigenvalue weighted by Gasteiger charge is 2.38. The number of allylic oxidation sites excluding steroid dienone is 13. The fourth-order valence-electron chi connectivity index (χ4n) is 6.91. The quantitative estimate of drug-likeness (QED) is 0.0407. The Bertz CT molecular complexity index is 2400. The van der Waals surface area contributed by atoms with Gasteiger partial charge in [-0.1, -0.05) is 75.5 Å². The fraction of sp³-hybridized carbons (Fsp3) is 0.745. The molecule has 0 aromatic carbocycles. The SMILES string of the molecule is C=C(C)CCCP(=O)(CP(=O)(OC)OC)OC.COP(=O)(CC/C=C(\C)CC/C=C(\C)CCC=C(C)C)CP(=O)(OC)OC.COP(=O)(CC/C=C(\C)CCC=C(C)C)CP(=O)(OC)OC.COP(=O)(CCC=C(C)C)CP(=O)(OC)OC. The first-order valence-electron chi connectivity index (χ1n) is 27.3. The molecule has 20 nitrogen and oxygen atoms in total. The van der Waals surface area contributed by atoms with Crippen LogP contribution in [0.1, 0.15) is 140 Å². The molecule has 0 radical (unpaired) electrons. The molecular formula is C55H112O20P8. The second-order valence-electron chi connectivity index (χ2n) is 20.4. The van der Waals surface area contributed by atoms with Crippen molar-refractivity contribution in [2.75, 3.05) is 134 Å². The van der Waals surface area contributed by atoms with Crippen molar-refractivity contribution in [3.63, 3.8) is 0 Å². The monoisotopic (exact) mass is 1340 g/mol. The van der Waals surface area contributed by atoms with Crippen molar-refractivity contribution in [2.24, 2.45) is 0 Å². The molecule has 0 saturated heterocycles. The van der Waals surface area contributed by atoms with Crippen LogP contribution in [0.4, 0.5) is 0 Å². The maximum atomic E-state index is 12.8. The molecule has 0 bridgehead atoms. The third-order valence-electron chi connectivity index (χ3n) is 12.4. The van der Waals surface area contributed by atoms with Crippen molar-refractivity contribution >= 4 is 59.9 Å². The van der Waals surface area contributed by atoms with E-state index in [-0.39, 0.29) is 23.6 Å². The van der Waals surface area contributed by atoms with Gasteiger partial charge in [-0.15, -0.1) is 6.58 Å². The van der Waals surface area contributed by atoms with Gasteiger partial charge in [0.25, 0.3) is 0 Å². The van der Waals surface area contributed by atoms with Crippen LogP contribution in [0.25, 0.3) is 0 Å². The number of rotatable bonds is 42. The first kappa shape index (κ1) is 89.0. The molecule has 4 atom stereocenters. The summed E-state index contributed by atoms with van der Waals surface area (Å²) in [7, 11) is -9.51. The lowest BCUT2D eigenvalue weighted by molar-refractivity contribution is 0.277. The second-order valence-corrected chi connectivity index (χ2v) is 42.5. The maximum absolute atomic E-state index is 12.8. The van der Waals surface area contributed by atoms with Crippen molar-refractivity contribution in [1.82, 2.24) is 0 Å². The molecule has 83 heavy (non-hydrogen) atoms. The van der Waals surface area contributed by atoms with Gasteiger partial charge in [-0.05, 0) is 140 Å². The summed E-state index contributed by atoms with van der Waals surface area (Å²) >= 11 is 0. The minimum atomic E-state index is -3.35. The van der Waals surface area contributed by atoms with Gasteiger partial charge in [0.05, 0.1) is 0 Å². The molecule has 0 aliphatic carbocycles. The molecule has 0 fully saturated rings. The highest BCUT2D eigenvalue weighted by Crippen LogP contribution is 2.65. The molecule has 0 saturated carbocycles. The molecule has 0 spiro atoms. The van der Waals surface area contributed by atoms with Crippen LogP contribution in [-0.4, -0.2) is 134 Å². The van der Waals surface area contributed by atoms with E-state index in [9.17, 15) is 36.5 Å². The van der Waals surface area contributed by atoms with Gasteiger partial charge in [0, 0.05) is 110 Å². The van der Waals surface area contributed by atoms with Crippen LogP contribution in [-0.2, 0) is 90.8 Å². The van der Waals surface area contributed by atoms with Crippen molar-refractivity contribution in [1.29, 1.82) is 0 Å². The van der Waals surface area contributed by atoms with E-state index in [4.69, 9.17) is 54.3 Å². The van der Waals surface area contributed by atoms with Crippen LogP contribution >= 0.6 is 59.9 Å². The van der Waals surface area contributed by atoms with Crippen molar-refractivity contribution < 1.29 is 90.8 Å². The van der Waals surface area contributed by atoms with Crippen molar-refractivity contribution in [3.8, 4) is 0 Å². The van der Waals surface area contributed by atoms with Gasteiger partial charge in [0.15, 0.2) is 0 Å². The van der Waals surface area contributed by atoms with Crippen LogP contribution in [0.2, 0.25) is 0 Å². The average Bonchev–Trinajstić information content (AvgIpc) is 3.49. The van der Waals surface area contributed by atoms with Crippen molar-refractivity contribution in [2.45, 2.75) is 140 Å². The third kappa shape index (κ3) is 46.3. The van der Waals surface area contributed by atoms with Gasteiger partial charge in [0.1, 0.15) is 23.6 Å². The van der Waals surface area contributed by atoms with Crippen LogP contribution in [0.3, 0.4) is 0 Å². The van der Waals surface area contributed by atoms with Crippen LogP contribution in [0, 0.1) is 0 Å².